The molecule has 8 heteroatoms. The van der Waals surface area contributed by atoms with Crippen LogP contribution in [-0.2, 0) is 0 Å². The number of fused-ring (bicyclic) bond motifs is 2. The number of amides is 2. The molecule has 1 saturated carbocycles. The Labute approximate surface area is 184 Å². The van der Waals surface area contributed by atoms with Gasteiger partial charge < -0.3 is 10.2 Å². The molecule has 2 bridgehead atoms. The molecule has 5 rings (SSSR count). The molecule has 2 amide bonds. The number of carbonyl (C=O) groups is 2. The van der Waals surface area contributed by atoms with Gasteiger partial charge in [0, 0.05) is 54.2 Å². The predicted octanol–water partition coefficient (Wildman–Crippen LogP) is 3.19. The second kappa shape index (κ2) is 8.19. The maximum absolute atomic E-state index is 13.3. The Morgan fingerprint density at radius 3 is 2.61 bits per heavy atom. The van der Waals surface area contributed by atoms with E-state index in [0.717, 1.165) is 18.4 Å². The lowest BCUT2D eigenvalue weighted by Gasteiger charge is -2.38. The minimum absolute atomic E-state index is 0.0156. The Bertz CT molecular complexity index is 1090. The van der Waals surface area contributed by atoms with Crippen molar-refractivity contribution in [2.45, 2.75) is 25.8 Å². The van der Waals surface area contributed by atoms with Crippen LogP contribution < -0.4 is 5.32 Å². The molecule has 1 N–H and O–H groups in total. The second-order valence-corrected chi connectivity index (χ2v) is 9.03. The van der Waals surface area contributed by atoms with E-state index in [1.165, 1.54) is 11.3 Å². The summed E-state index contributed by atoms with van der Waals surface area (Å²) in [6.07, 6.45) is 7.09. The third-order valence-corrected chi connectivity index (χ3v) is 7.01. The number of thiophene rings is 1. The first kappa shape index (κ1) is 19.8. The number of nitrogens with one attached hydrogen (secondary N) is 1. The SMILES string of the molecule is Cc1nc(-c2cccnc2)ncc1C(=O)N1C[C@H]2CC[C@@H](C1)C2NC(=O)c1ccsc1. The van der Waals surface area contributed by atoms with Crippen LogP contribution in [0.15, 0.2) is 47.5 Å². The first-order chi connectivity index (χ1) is 15.1. The van der Waals surface area contributed by atoms with Crippen molar-refractivity contribution in [3.8, 4) is 11.4 Å². The van der Waals surface area contributed by atoms with Crippen molar-refractivity contribution in [3.63, 3.8) is 0 Å². The number of carbonyl (C=O) groups excluding carboxylic acids is 2. The Balaban J connectivity index is 1.29. The summed E-state index contributed by atoms with van der Waals surface area (Å²) in [5.74, 6) is 1.08. The average Bonchev–Trinajstić information content (AvgIpc) is 3.40. The number of pyridine rings is 1. The van der Waals surface area contributed by atoms with Crippen LogP contribution in [0, 0.1) is 18.8 Å². The Kier molecular flexibility index (Phi) is 5.23. The van der Waals surface area contributed by atoms with E-state index in [1.54, 1.807) is 18.6 Å². The van der Waals surface area contributed by atoms with Crippen LogP contribution in [0.2, 0.25) is 0 Å². The first-order valence-electron chi connectivity index (χ1n) is 10.5. The molecule has 4 heterocycles. The van der Waals surface area contributed by atoms with Crippen molar-refractivity contribution >= 4 is 23.2 Å². The molecule has 1 unspecified atom stereocenters. The monoisotopic (exact) mass is 433 g/mol. The van der Waals surface area contributed by atoms with E-state index in [1.807, 2.05) is 40.8 Å². The second-order valence-electron chi connectivity index (χ2n) is 8.25. The number of rotatable bonds is 4. The molecule has 3 aromatic rings. The van der Waals surface area contributed by atoms with E-state index < -0.39 is 0 Å². The zero-order chi connectivity index (χ0) is 21.4. The number of aryl methyl sites for hydroxylation is 1. The van der Waals surface area contributed by atoms with E-state index in [4.69, 9.17) is 0 Å². The number of hydrogen-bond acceptors (Lipinski definition) is 6. The van der Waals surface area contributed by atoms with Gasteiger partial charge in [0.2, 0.25) is 0 Å². The Morgan fingerprint density at radius 2 is 1.97 bits per heavy atom. The van der Waals surface area contributed by atoms with Crippen molar-refractivity contribution in [1.82, 2.24) is 25.2 Å². The number of hydrogen-bond donors (Lipinski definition) is 1. The largest absolute Gasteiger partial charge is 0.349 e. The van der Waals surface area contributed by atoms with Gasteiger partial charge in [-0.2, -0.15) is 11.3 Å². The van der Waals surface area contributed by atoms with Gasteiger partial charge >= 0.3 is 0 Å². The molecule has 7 nitrogen and oxygen atoms in total. The summed E-state index contributed by atoms with van der Waals surface area (Å²) in [6, 6.07) is 5.71. The van der Waals surface area contributed by atoms with E-state index in [9.17, 15) is 9.59 Å². The summed E-state index contributed by atoms with van der Waals surface area (Å²) >= 11 is 1.52. The van der Waals surface area contributed by atoms with E-state index in [-0.39, 0.29) is 29.7 Å². The van der Waals surface area contributed by atoms with Gasteiger partial charge in [0.15, 0.2) is 5.82 Å². The fraction of sp³-hybridized carbons (Fsp3) is 0.348. The van der Waals surface area contributed by atoms with E-state index >= 15 is 0 Å². The lowest BCUT2D eigenvalue weighted by Crippen LogP contribution is -2.54. The first-order valence-corrected chi connectivity index (χ1v) is 11.4. The molecule has 1 aliphatic carbocycles. The summed E-state index contributed by atoms with van der Waals surface area (Å²) < 4.78 is 0. The molecule has 2 fully saturated rings. The van der Waals surface area contributed by atoms with Crippen LogP contribution in [0.5, 0.6) is 0 Å². The third-order valence-electron chi connectivity index (χ3n) is 6.33. The molecule has 3 atom stereocenters. The van der Waals surface area contributed by atoms with Crippen LogP contribution in [0.1, 0.15) is 39.3 Å². The Hall–Kier alpha value is -3.13. The lowest BCUT2D eigenvalue weighted by molar-refractivity contribution is 0.0597. The highest BCUT2D eigenvalue weighted by Crippen LogP contribution is 2.37. The maximum Gasteiger partial charge on any atom is 0.257 e. The van der Waals surface area contributed by atoms with Crippen molar-refractivity contribution in [3.05, 3.63) is 64.4 Å². The van der Waals surface area contributed by atoms with Crippen LogP contribution >= 0.6 is 11.3 Å². The van der Waals surface area contributed by atoms with Gasteiger partial charge in [-0.15, -0.1) is 0 Å². The van der Waals surface area contributed by atoms with E-state index in [0.29, 0.717) is 35.7 Å². The number of aromatic nitrogens is 3. The summed E-state index contributed by atoms with van der Waals surface area (Å²) in [5, 5.41) is 7.00. The molecule has 0 aromatic carbocycles. The highest BCUT2D eigenvalue weighted by molar-refractivity contribution is 7.08. The minimum Gasteiger partial charge on any atom is -0.349 e. The summed E-state index contributed by atoms with van der Waals surface area (Å²) in [7, 11) is 0. The third kappa shape index (κ3) is 3.83. The smallest absolute Gasteiger partial charge is 0.257 e. The summed E-state index contributed by atoms with van der Waals surface area (Å²) in [5.41, 5.74) is 2.74. The van der Waals surface area contributed by atoms with Crippen LogP contribution in [0.25, 0.3) is 11.4 Å². The van der Waals surface area contributed by atoms with Crippen molar-refractivity contribution < 1.29 is 9.59 Å². The molecule has 0 radical (unpaired) electrons. The van der Waals surface area contributed by atoms with Gasteiger partial charge in [0.05, 0.1) is 11.3 Å². The van der Waals surface area contributed by atoms with Gasteiger partial charge in [0.1, 0.15) is 0 Å². The number of likely N-dealkylation sites (tertiary alicyclic amines) is 1. The number of piperidine rings is 1. The van der Waals surface area contributed by atoms with Crippen molar-refractivity contribution in [2.24, 2.45) is 11.8 Å². The highest BCUT2D eigenvalue weighted by atomic mass is 32.1. The average molecular weight is 434 g/mol. The maximum atomic E-state index is 13.3. The van der Waals surface area contributed by atoms with Crippen LogP contribution in [0.4, 0.5) is 0 Å². The molecule has 1 saturated heterocycles. The molecule has 0 spiro atoms. The van der Waals surface area contributed by atoms with Gasteiger partial charge in [-0.25, -0.2) is 9.97 Å². The lowest BCUT2D eigenvalue weighted by atomic mass is 9.91. The van der Waals surface area contributed by atoms with E-state index in [2.05, 4.69) is 20.3 Å². The zero-order valence-corrected chi connectivity index (χ0v) is 18.0. The van der Waals surface area contributed by atoms with Gasteiger partial charge in [-0.3, -0.25) is 14.6 Å². The standard InChI is InChI=1S/C23H23N5O2S/c1-14-19(10-25-21(26-14)15-3-2-7-24-9-15)23(30)28-11-16-4-5-17(12-28)20(16)27-22(29)18-6-8-31-13-18/h2-3,6-10,13,16-17,20H,4-5,11-12H2,1H3,(H,27,29)/t16-,17+,20?. The molecular formula is C23H23N5O2S. The normalized spacial score (nSPS) is 22.4. The molecule has 3 aromatic heterocycles. The van der Waals surface area contributed by atoms with Crippen LogP contribution in [-0.4, -0.2) is 50.8 Å². The fourth-order valence-corrected chi connectivity index (χ4v) is 5.37. The zero-order valence-electron chi connectivity index (χ0n) is 17.2. The molecule has 31 heavy (non-hydrogen) atoms. The fourth-order valence-electron chi connectivity index (χ4n) is 4.73. The van der Waals surface area contributed by atoms with Crippen molar-refractivity contribution in [1.29, 1.82) is 0 Å². The van der Waals surface area contributed by atoms with Gasteiger partial charge in [0.25, 0.3) is 11.8 Å². The summed E-state index contributed by atoms with van der Waals surface area (Å²) in [4.78, 5) is 40.7. The number of nitrogens with zero attached hydrogens (tertiary/aromatic N) is 4. The molecule has 2 aliphatic rings. The minimum atomic E-state index is -0.0326. The predicted molar refractivity (Wildman–Crippen MR) is 118 cm³/mol. The Morgan fingerprint density at radius 1 is 1.16 bits per heavy atom. The van der Waals surface area contributed by atoms with Crippen molar-refractivity contribution in [2.75, 3.05) is 13.1 Å². The topological polar surface area (TPSA) is 88.1 Å². The molecular weight excluding hydrogens is 410 g/mol. The molecule has 1 aliphatic heterocycles. The quantitative estimate of drug-likeness (QED) is 0.683. The van der Waals surface area contributed by atoms with Gasteiger partial charge in [-0.1, -0.05) is 0 Å². The van der Waals surface area contributed by atoms with Gasteiger partial charge in [-0.05, 0) is 55.2 Å². The summed E-state index contributed by atoms with van der Waals surface area (Å²) in [6.45, 7) is 3.14. The highest BCUT2D eigenvalue weighted by Gasteiger charge is 2.44. The van der Waals surface area contributed by atoms with Crippen LogP contribution in [0.3, 0.4) is 0 Å². The molecule has 158 valence electrons.